The molecule has 6 heteroatoms. The summed E-state index contributed by atoms with van der Waals surface area (Å²) in [6.45, 7) is 0. The van der Waals surface area contributed by atoms with Crippen LogP contribution < -0.4 is 15.0 Å². The van der Waals surface area contributed by atoms with Gasteiger partial charge in [-0.15, -0.1) is 0 Å². The molecule has 2 aromatic rings. The zero-order chi connectivity index (χ0) is 19.0. The maximum atomic E-state index is 13.7. The molecule has 1 amide bonds. The van der Waals surface area contributed by atoms with Crippen molar-refractivity contribution in [3.8, 4) is 11.5 Å². The van der Waals surface area contributed by atoms with E-state index in [1.54, 1.807) is 0 Å². The molecule has 0 saturated carbocycles. The fourth-order valence-electron chi connectivity index (χ4n) is 4.32. The number of phenols is 1. The minimum Gasteiger partial charge on any atom is -0.502 e. The highest BCUT2D eigenvalue weighted by Crippen LogP contribution is 2.39. The Labute approximate surface area is 157 Å². The van der Waals surface area contributed by atoms with E-state index in [9.17, 15) is 14.3 Å². The average molecular weight is 370 g/mol. The van der Waals surface area contributed by atoms with E-state index >= 15 is 0 Å². The number of rotatable bonds is 4. The van der Waals surface area contributed by atoms with Crippen molar-refractivity contribution in [3.05, 3.63) is 47.8 Å². The first kappa shape index (κ1) is 17.6. The molecule has 0 spiro atoms. The Hall–Kier alpha value is -2.76. The van der Waals surface area contributed by atoms with E-state index in [0.29, 0.717) is 17.8 Å². The zero-order valence-electron chi connectivity index (χ0n) is 15.2. The molecule has 2 aromatic carbocycles. The third kappa shape index (κ3) is 3.31. The van der Waals surface area contributed by atoms with Gasteiger partial charge in [0.05, 0.1) is 7.11 Å². The minimum atomic E-state index is -0.893. The van der Waals surface area contributed by atoms with Crippen LogP contribution in [0.3, 0.4) is 0 Å². The summed E-state index contributed by atoms with van der Waals surface area (Å²) in [5, 5.41) is 12.3. The Morgan fingerprint density at radius 3 is 2.44 bits per heavy atom. The van der Waals surface area contributed by atoms with Gasteiger partial charge in [-0.1, -0.05) is 0 Å². The lowest BCUT2D eigenvalue weighted by molar-refractivity contribution is 0.102. The van der Waals surface area contributed by atoms with Gasteiger partial charge in [-0.2, -0.15) is 0 Å². The molecule has 0 aliphatic carbocycles. The standard InChI is InChI=1S/C21H23FN2O3/c1-27-19-12-13(11-18(22)20(19)25)21(26)23-14-5-7-17(8-6-14)24-15-3-2-4-16(24)10-9-15/h5-8,11-12,15-16,25H,2-4,9-10H2,1H3,(H,23,26). The van der Waals surface area contributed by atoms with Crippen LogP contribution in [0.25, 0.3) is 0 Å². The summed E-state index contributed by atoms with van der Waals surface area (Å²) < 4.78 is 18.6. The van der Waals surface area contributed by atoms with E-state index in [1.807, 2.05) is 24.3 Å². The lowest BCUT2D eigenvalue weighted by Gasteiger charge is -2.36. The molecule has 0 aromatic heterocycles. The number of ether oxygens (including phenoxy) is 1. The van der Waals surface area contributed by atoms with Crippen molar-refractivity contribution in [1.29, 1.82) is 0 Å². The number of aromatic hydroxyl groups is 1. The average Bonchev–Trinajstić information content (AvgIpc) is 2.92. The molecule has 2 saturated heterocycles. The van der Waals surface area contributed by atoms with Crippen molar-refractivity contribution in [3.63, 3.8) is 0 Å². The van der Waals surface area contributed by atoms with E-state index < -0.39 is 17.5 Å². The maximum absolute atomic E-state index is 13.7. The van der Waals surface area contributed by atoms with Gasteiger partial charge >= 0.3 is 0 Å². The predicted octanol–water partition coefficient (Wildman–Crippen LogP) is 4.31. The van der Waals surface area contributed by atoms with E-state index in [4.69, 9.17) is 4.74 Å². The topological polar surface area (TPSA) is 61.8 Å². The lowest BCUT2D eigenvalue weighted by Crippen LogP contribution is -2.39. The minimum absolute atomic E-state index is 0.0731. The molecular formula is C21H23FN2O3. The van der Waals surface area contributed by atoms with Crippen LogP contribution in [0.5, 0.6) is 11.5 Å². The first-order valence-electron chi connectivity index (χ1n) is 9.33. The van der Waals surface area contributed by atoms with E-state index in [0.717, 1.165) is 6.07 Å². The Bertz CT molecular complexity index is 837. The van der Waals surface area contributed by atoms with Gasteiger partial charge in [0.1, 0.15) is 0 Å². The first-order valence-corrected chi connectivity index (χ1v) is 9.33. The molecule has 0 radical (unpaired) electrons. The summed E-state index contributed by atoms with van der Waals surface area (Å²) in [5.74, 6) is -2.03. The molecule has 142 valence electrons. The quantitative estimate of drug-likeness (QED) is 0.842. The second kappa shape index (κ2) is 7.10. The third-order valence-electron chi connectivity index (χ3n) is 5.63. The molecule has 2 aliphatic rings. The SMILES string of the molecule is COc1cc(C(=O)Nc2ccc(N3C4CCCC3CC4)cc2)cc(F)c1O. The monoisotopic (exact) mass is 370 g/mol. The largest absolute Gasteiger partial charge is 0.502 e. The fourth-order valence-corrected chi connectivity index (χ4v) is 4.32. The number of halogens is 1. The van der Waals surface area contributed by atoms with Gasteiger partial charge in [-0.25, -0.2) is 4.39 Å². The van der Waals surface area contributed by atoms with E-state index in [1.165, 1.54) is 51.0 Å². The van der Waals surface area contributed by atoms with Gasteiger partial charge in [0.15, 0.2) is 17.3 Å². The van der Waals surface area contributed by atoms with Gasteiger partial charge in [-0.05, 0) is 68.5 Å². The van der Waals surface area contributed by atoms with Gasteiger partial charge in [0.2, 0.25) is 0 Å². The molecule has 2 unspecified atom stereocenters. The number of carbonyl (C=O) groups excluding carboxylic acids is 1. The lowest BCUT2D eigenvalue weighted by atomic mass is 10.0. The smallest absolute Gasteiger partial charge is 0.255 e. The summed E-state index contributed by atoms with van der Waals surface area (Å²) in [4.78, 5) is 14.9. The number of nitrogens with zero attached hydrogens (tertiary/aromatic N) is 1. The predicted molar refractivity (Wildman–Crippen MR) is 102 cm³/mol. The summed E-state index contributed by atoms with van der Waals surface area (Å²) in [6.07, 6.45) is 6.34. The molecule has 2 N–H and O–H groups in total. The number of benzene rings is 2. The Balaban J connectivity index is 1.49. The van der Waals surface area contributed by atoms with Crippen LogP contribution in [-0.2, 0) is 0 Å². The fraction of sp³-hybridized carbons (Fsp3) is 0.381. The number of anilines is 2. The van der Waals surface area contributed by atoms with E-state index in [2.05, 4.69) is 10.2 Å². The molecule has 2 heterocycles. The summed E-state index contributed by atoms with van der Waals surface area (Å²) in [6, 6.07) is 11.4. The number of amides is 1. The van der Waals surface area contributed by atoms with Crippen molar-refractivity contribution in [2.75, 3.05) is 17.3 Å². The van der Waals surface area contributed by atoms with Crippen LogP contribution in [0, 0.1) is 5.82 Å². The number of hydrogen-bond donors (Lipinski definition) is 2. The maximum Gasteiger partial charge on any atom is 0.255 e. The van der Waals surface area contributed by atoms with Gasteiger partial charge < -0.3 is 20.1 Å². The molecule has 2 bridgehead atoms. The second-order valence-electron chi connectivity index (χ2n) is 7.23. The molecular weight excluding hydrogens is 347 g/mol. The van der Waals surface area contributed by atoms with Crippen molar-refractivity contribution in [2.24, 2.45) is 0 Å². The normalized spacial score (nSPS) is 21.2. The van der Waals surface area contributed by atoms with Crippen molar-refractivity contribution >= 4 is 17.3 Å². The van der Waals surface area contributed by atoms with Crippen molar-refractivity contribution in [2.45, 2.75) is 44.2 Å². The summed E-state index contributed by atoms with van der Waals surface area (Å²) in [5.41, 5.74) is 1.92. The highest BCUT2D eigenvalue weighted by molar-refractivity contribution is 6.04. The van der Waals surface area contributed by atoms with Crippen LogP contribution >= 0.6 is 0 Å². The van der Waals surface area contributed by atoms with E-state index in [-0.39, 0.29) is 11.3 Å². The van der Waals surface area contributed by atoms with Crippen molar-refractivity contribution in [1.82, 2.24) is 0 Å². The van der Waals surface area contributed by atoms with Crippen molar-refractivity contribution < 1.29 is 19.0 Å². The number of carbonyl (C=O) groups is 1. The Morgan fingerprint density at radius 1 is 1.15 bits per heavy atom. The zero-order valence-corrected chi connectivity index (χ0v) is 15.2. The molecule has 2 atom stereocenters. The Morgan fingerprint density at radius 2 is 1.81 bits per heavy atom. The molecule has 4 rings (SSSR count). The summed E-state index contributed by atoms with van der Waals surface area (Å²) >= 11 is 0. The van der Waals surface area contributed by atoms with Crippen LogP contribution in [-0.4, -0.2) is 30.2 Å². The number of methoxy groups -OCH3 is 1. The van der Waals surface area contributed by atoms with Gasteiger partial charge in [0, 0.05) is 29.0 Å². The van der Waals surface area contributed by atoms with Gasteiger partial charge in [0.25, 0.3) is 5.91 Å². The van der Waals surface area contributed by atoms with Crippen LogP contribution in [0.15, 0.2) is 36.4 Å². The summed E-state index contributed by atoms with van der Waals surface area (Å²) in [7, 11) is 1.31. The Kier molecular flexibility index (Phi) is 4.64. The number of piperidine rings is 1. The number of nitrogens with one attached hydrogen (secondary N) is 1. The highest BCUT2D eigenvalue weighted by Gasteiger charge is 2.36. The highest BCUT2D eigenvalue weighted by atomic mass is 19.1. The number of fused-ring (bicyclic) bond motifs is 2. The molecule has 2 fully saturated rings. The van der Waals surface area contributed by atoms with Crippen LogP contribution in [0.4, 0.5) is 15.8 Å². The second-order valence-corrected chi connectivity index (χ2v) is 7.23. The number of phenolic OH excluding ortho intramolecular Hbond substituents is 1. The number of hydrogen-bond acceptors (Lipinski definition) is 4. The first-order chi connectivity index (χ1) is 13.1. The van der Waals surface area contributed by atoms with Crippen LogP contribution in [0.2, 0.25) is 0 Å². The van der Waals surface area contributed by atoms with Gasteiger partial charge in [-0.3, -0.25) is 4.79 Å². The molecule has 27 heavy (non-hydrogen) atoms. The third-order valence-corrected chi connectivity index (χ3v) is 5.63. The molecule has 5 nitrogen and oxygen atoms in total. The molecule has 2 aliphatic heterocycles. The van der Waals surface area contributed by atoms with Crippen LogP contribution in [0.1, 0.15) is 42.5 Å².